The lowest BCUT2D eigenvalue weighted by Gasteiger charge is -2.10. The standard InChI is InChI=1S/C22H21BrClN5OS/c1-14(2)12-29-21(17-4-8-18(23)9-5-17)27-28-22(29)31-13-20(30)26-25-15(3)16-6-10-19(24)11-7-16/h4-11H,1,12-13H2,2-3H3,(H,26,30). The van der Waals surface area contributed by atoms with Gasteiger partial charge in [-0.2, -0.15) is 5.10 Å². The molecule has 2 aromatic carbocycles. The number of benzene rings is 2. The molecule has 1 N–H and O–H groups in total. The molecular weight excluding hydrogens is 498 g/mol. The third kappa shape index (κ3) is 6.53. The molecule has 0 aliphatic carbocycles. The van der Waals surface area contributed by atoms with E-state index >= 15 is 0 Å². The summed E-state index contributed by atoms with van der Waals surface area (Å²) in [6.45, 7) is 8.33. The van der Waals surface area contributed by atoms with Crippen molar-refractivity contribution in [2.45, 2.75) is 25.5 Å². The molecule has 0 unspecified atom stereocenters. The molecule has 1 heterocycles. The normalized spacial score (nSPS) is 11.4. The first-order chi connectivity index (χ1) is 14.8. The molecule has 31 heavy (non-hydrogen) atoms. The minimum Gasteiger partial charge on any atom is -0.298 e. The summed E-state index contributed by atoms with van der Waals surface area (Å²) >= 11 is 10.7. The Balaban J connectivity index is 1.68. The fraction of sp³-hybridized carbons (Fsp3) is 0.182. The van der Waals surface area contributed by atoms with Crippen LogP contribution in [0.5, 0.6) is 0 Å². The lowest BCUT2D eigenvalue weighted by atomic mass is 10.1. The van der Waals surface area contributed by atoms with Crippen molar-refractivity contribution in [2.24, 2.45) is 5.10 Å². The van der Waals surface area contributed by atoms with Crippen LogP contribution in [0.15, 0.2) is 75.4 Å². The molecule has 0 radical (unpaired) electrons. The van der Waals surface area contributed by atoms with Crippen molar-refractivity contribution < 1.29 is 4.79 Å². The second kappa shape index (κ2) is 10.7. The Hall–Kier alpha value is -2.42. The van der Waals surface area contributed by atoms with Gasteiger partial charge in [0.05, 0.1) is 11.5 Å². The van der Waals surface area contributed by atoms with Gasteiger partial charge in [-0.05, 0) is 43.7 Å². The zero-order valence-electron chi connectivity index (χ0n) is 17.1. The van der Waals surface area contributed by atoms with Crippen molar-refractivity contribution in [2.75, 3.05) is 5.75 Å². The average Bonchev–Trinajstić information content (AvgIpc) is 3.13. The highest BCUT2D eigenvalue weighted by atomic mass is 79.9. The predicted octanol–water partition coefficient (Wildman–Crippen LogP) is 5.57. The van der Waals surface area contributed by atoms with E-state index in [2.05, 4.69) is 43.2 Å². The minimum atomic E-state index is -0.228. The Bertz CT molecular complexity index is 1110. The number of carbonyl (C=O) groups is 1. The van der Waals surface area contributed by atoms with E-state index in [0.29, 0.717) is 22.4 Å². The van der Waals surface area contributed by atoms with Crippen LogP contribution in [0, 0.1) is 0 Å². The maximum Gasteiger partial charge on any atom is 0.250 e. The van der Waals surface area contributed by atoms with Gasteiger partial charge < -0.3 is 0 Å². The maximum absolute atomic E-state index is 12.3. The summed E-state index contributed by atoms with van der Waals surface area (Å²) in [7, 11) is 0. The van der Waals surface area contributed by atoms with Crippen LogP contribution < -0.4 is 5.43 Å². The summed E-state index contributed by atoms with van der Waals surface area (Å²) in [5.41, 5.74) is 6.07. The second-order valence-corrected chi connectivity index (χ2v) is 9.18. The number of hydrogen-bond acceptors (Lipinski definition) is 5. The number of halogens is 2. The van der Waals surface area contributed by atoms with Gasteiger partial charge in [0, 0.05) is 21.6 Å². The zero-order valence-corrected chi connectivity index (χ0v) is 20.3. The van der Waals surface area contributed by atoms with Crippen LogP contribution in [-0.4, -0.2) is 32.1 Å². The number of thioether (sulfide) groups is 1. The van der Waals surface area contributed by atoms with Crippen LogP contribution in [0.2, 0.25) is 5.02 Å². The third-order valence-corrected chi connectivity index (χ3v) is 5.94. The van der Waals surface area contributed by atoms with Crippen molar-refractivity contribution >= 4 is 50.9 Å². The third-order valence-electron chi connectivity index (χ3n) is 4.19. The summed E-state index contributed by atoms with van der Waals surface area (Å²) in [5.74, 6) is 0.662. The molecule has 160 valence electrons. The number of hydrogen-bond donors (Lipinski definition) is 1. The number of aromatic nitrogens is 3. The van der Waals surface area contributed by atoms with E-state index < -0.39 is 0 Å². The fourth-order valence-corrected chi connectivity index (χ4v) is 3.81. The Morgan fingerprint density at radius 3 is 2.48 bits per heavy atom. The molecule has 0 saturated carbocycles. The fourth-order valence-electron chi connectivity index (χ4n) is 2.68. The van der Waals surface area contributed by atoms with Crippen LogP contribution in [-0.2, 0) is 11.3 Å². The van der Waals surface area contributed by atoms with Gasteiger partial charge in [-0.15, -0.1) is 10.2 Å². The quantitative estimate of drug-likeness (QED) is 0.183. The topological polar surface area (TPSA) is 72.2 Å². The zero-order chi connectivity index (χ0) is 22.4. The molecule has 0 fully saturated rings. The van der Waals surface area contributed by atoms with Gasteiger partial charge in [0.2, 0.25) is 0 Å². The van der Waals surface area contributed by atoms with E-state index in [-0.39, 0.29) is 11.7 Å². The summed E-state index contributed by atoms with van der Waals surface area (Å²) in [4.78, 5) is 12.3. The molecule has 0 atom stereocenters. The average molecular weight is 519 g/mol. The van der Waals surface area contributed by atoms with Crippen LogP contribution in [0.25, 0.3) is 11.4 Å². The molecule has 1 amide bonds. The number of hydrazone groups is 1. The highest BCUT2D eigenvalue weighted by Gasteiger charge is 2.16. The lowest BCUT2D eigenvalue weighted by Crippen LogP contribution is -2.21. The van der Waals surface area contributed by atoms with E-state index in [1.807, 2.05) is 54.8 Å². The number of allylic oxidation sites excluding steroid dienone is 1. The van der Waals surface area contributed by atoms with E-state index in [4.69, 9.17) is 11.6 Å². The van der Waals surface area contributed by atoms with Gasteiger partial charge in [-0.1, -0.05) is 75.7 Å². The lowest BCUT2D eigenvalue weighted by molar-refractivity contribution is -0.118. The molecule has 0 aliphatic rings. The molecule has 0 saturated heterocycles. The van der Waals surface area contributed by atoms with Crippen LogP contribution in [0.1, 0.15) is 19.4 Å². The van der Waals surface area contributed by atoms with E-state index in [1.165, 1.54) is 11.8 Å². The van der Waals surface area contributed by atoms with Crippen LogP contribution in [0.3, 0.4) is 0 Å². The number of rotatable bonds is 8. The first-order valence-corrected chi connectivity index (χ1v) is 11.5. The molecule has 3 aromatic rings. The van der Waals surface area contributed by atoms with Gasteiger partial charge in [-0.3, -0.25) is 9.36 Å². The number of amides is 1. The van der Waals surface area contributed by atoms with E-state index in [0.717, 1.165) is 27.0 Å². The predicted molar refractivity (Wildman–Crippen MR) is 131 cm³/mol. The summed E-state index contributed by atoms with van der Waals surface area (Å²) in [5, 5.41) is 14.1. The minimum absolute atomic E-state index is 0.159. The molecule has 9 heteroatoms. The highest BCUT2D eigenvalue weighted by molar-refractivity contribution is 9.10. The smallest absolute Gasteiger partial charge is 0.250 e. The van der Waals surface area contributed by atoms with Gasteiger partial charge >= 0.3 is 0 Å². The SMILES string of the molecule is C=C(C)Cn1c(SCC(=O)NN=C(C)c2ccc(Cl)cc2)nnc1-c1ccc(Br)cc1. The molecule has 1 aromatic heterocycles. The Labute approximate surface area is 198 Å². The van der Waals surface area contributed by atoms with Crippen molar-refractivity contribution in [1.82, 2.24) is 20.2 Å². The van der Waals surface area contributed by atoms with Crippen molar-refractivity contribution in [3.8, 4) is 11.4 Å². The molecule has 0 spiro atoms. The van der Waals surface area contributed by atoms with E-state index in [1.54, 1.807) is 12.1 Å². The summed E-state index contributed by atoms with van der Waals surface area (Å²) < 4.78 is 2.95. The largest absolute Gasteiger partial charge is 0.298 e. The molecule has 0 bridgehead atoms. The van der Waals surface area contributed by atoms with Gasteiger partial charge in [0.25, 0.3) is 5.91 Å². The van der Waals surface area contributed by atoms with Crippen LogP contribution >= 0.6 is 39.3 Å². The van der Waals surface area contributed by atoms with E-state index in [9.17, 15) is 4.79 Å². The number of nitrogens with zero attached hydrogens (tertiary/aromatic N) is 4. The Morgan fingerprint density at radius 2 is 1.84 bits per heavy atom. The highest BCUT2D eigenvalue weighted by Crippen LogP contribution is 2.26. The molecular formula is C22H21BrClN5OS. The van der Waals surface area contributed by atoms with Gasteiger partial charge in [-0.25, -0.2) is 5.43 Å². The summed E-state index contributed by atoms with van der Waals surface area (Å²) in [6.07, 6.45) is 0. The van der Waals surface area contributed by atoms with Crippen molar-refractivity contribution in [3.63, 3.8) is 0 Å². The number of carbonyl (C=O) groups excluding carboxylic acids is 1. The molecule has 0 aliphatic heterocycles. The number of nitrogens with one attached hydrogen (secondary N) is 1. The molecule has 3 rings (SSSR count). The second-order valence-electron chi connectivity index (χ2n) is 6.88. The maximum atomic E-state index is 12.3. The molecule has 6 nitrogen and oxygen atoms in total. The summed E-state index contributed by atoms with van der Waals surface area (Å²) in [6, 6.07) is 15.1. The first-order valence-electron chi connectivity index (χ1n) is 9.39. The van der Waals surface area contributed by atoms with Crippen molar-refractivity contribution in [3.05, 3.63) is 75.7 Å². The Kier molecular flexibility index (Phi) is 8.06. The van der Waals surface area contributed by atoms with Gasteiger partial charge in [0.15, 0.2) is 11.0 Å². The Morgan fingerprint density at radius 1 is 1.16 bits per heavy atom. The monoisotopic (exact) mass is 517 g/mol. The van der Waals surface area contributed by atoms with Crippen LogP contribution in [0.4, 0.5) is 0 Å². The van der Waals surface area contributed by atoms with Crippen molar-refractivity contribution in [1.29, 1.82) is 0 Å². The first kappa shape index (κ1) is 23.2. The van der Waals surface area contributed by atoms with Gasteiger partial charge in [0.1, 0.15) is 0 Å².